The fraction of sp³-hybridized carbons (Fsp3) is 0.417. The van der Waals surface area contributed by atoms with Gasteiger partial charge in [-0.05, 0) is 25.0 Å². The molecule has 7 heteroatoms. The monoisotopic (exact) mass is 286 g/mol. The molecular formula is C12H15FN2O3S. The Labute approximate surface area is 111 Å². The second kappa shape index (κ2) is 5.66. The predicted molar refractivity (Wildman–Crippen MR) is 69.6 cm³/mol. The third-order valence-corrected chi connectivity index (χ3v) is 4.82. The number of carbonyl (C=O) groups is 1. The summed E-state index contributed by atoms with van der Waals surface area (Å²) in [5.74, 6) is -1.01. The Hall–Kier alpha value is -1.47. The van der Waals surface area contributed by atoms with Crippen molar-refractivity contribution in [3.63, 3.8) is 0 Å². The summed E-state index contributed by atoms with van der Waals surface area (Å²) < 4.78 is 37.9. The van der Waals surface area contributed by atoms with E-state index in [1.807, 2.05) is 0 Å². The first-order chi connectivity index (χ1) is 8.99. The Morgan fingerprint density at radius 1 is 1.32 bits per heavy atom. The number of carbonyl (C=O) groups excluding carboxylic acids is 1. The molecule has 1 amide bonds. The maximum Gasteiger partial charge on any atom is 0.239 e. The first-order valence-electron chi connectivity index (χ1n) is 6.01. The van der Waals surface area contributed by atoms with E-state index in [1.165, 1.54) is 18.2 Å². The highest BCUT2D eigenvalue weighted by molar-refractivity contribution is 7.89. The van der Waals surface area contributed by atoms with Gasteiger partial charge in [-0.15, -0.1) is 0 Å². The number of amides is 1. The zero-order chi connectivity index (χ0) is 13.9. The molecule has 5 nitrogen and oxygen atoms in total. The minimum Gasteiger partial charge on any atom is -0.322 e. The molecule has 0 unspecified atom stereocenters. The van der Waals surface area contributed by atoms with Gasteiger partial charge in [0.1, 0.15) is 5.82 Å². The molecule has 1 aliphatic rings. The normalized spacial score (nSPS) is 19.0. The summed E-state index contributed by atoms with van der Waals surface area (Å²) >= 11 is 0. The topological polar surface area (TPSA) is 66.5 Å². The van der Waals surface area contributed by atoms with Crippen molar-refractivity contribution in [1.29, 1.82) is 0 Å². The number of nitrogens with zero attached hydrogens (tertiary/aromatic N) is 1. The van der Waals surface area contributed by atoms with E-state index in [0.717, 1.165) is 10.7 Å². The summed E-state index contributed by atoms with van der Waals surface area (Å²) in [6.07, 6.45) is 1.36. The van der Waals surface area contributed by atoms with Crippen LogP contribution in [0.15, 0.2) is 24.3 Å². The number of hydrogen-bond acceptors (Lipinski definition) is 3. The van der Waals surface area contributed by atoms with Gasteiger partial charge in [-0.2, -0.15) is 4.31 Å². The molecule has 1 saturated heterocycles. The second-order valence-corrected chi connectivity index (χ2v) is 6.47. The first kappa shape index (κ1) is 14.0. The largest absolute Gasteiger partial charge is 0.322 e. The molecular weight excluding hydrogens is 271 g/mol. The van der Waals surface area contributed by atoms with Gasteiger partial charge < -0.3 is 5.32 Å². The van der Waals surface area contributed by atoms with Crippen LogP contribution in [0, 0.1) is 5.82 Å². The number of sulfonamides is 1. The fourth-order valence-electron chi connectivity index (χ4n) is 1.93. The lowest BCUT2D eigenvalue weighted by molar-refractivity contribution is -0.116. The molecule has 1 N–H and O–H groups in total. The SMILES string of the molecule is O=C(CN1CCCCS1(=O)=O)Nc1ccccc1F. The Morgan fingerprint density at radius 2 is 2.05 bits per heavy atom. The average Bonchev–Trinajstić information content (AvgIpc) is 2.35. The van der Waals surface area contributed by atoms with Crippen LogP contribution in [0.4, 0.5) is 10.1 Å². The van der Waals surface area contributed by atoms with Gasteiger partial charge in [-0.25, -0.2) is 12.8 Å². The van der Waals surface area contributed by atoms with Crippen molar-refractivity contribution in [2.75, 3.05) is 24.2 Å². The molecule has 104 valence electrons. The predicted octanol–water partition coefficient (Wildman–Crippen LogP) is 1.19. The van der Waals surface area contributed by atoms with Gasteiger partial charge >= 0.3 is 0 Å². The molecule has 0 atom stereocenters. The van der Waals surface area contributed by atoms with Crippen LogP contribution in [0.25, 0.3) is 0 Å². The van der Waals surface area contributed by atoms with Crippen LogP contribution < -0.4 is 5.32 Å². The third-order valence-electron chi connectivity index (χ3n) is 2.92. The minimum atomic E-state index is -3.34. The van der Waals surface area contributed by atoms with Gasteiger partial charge in [0.15, 0.2) is 0 Å². The van der Waals surface area contributed by atoms with E-state index in [4.69, 9.17) is 0 Å². The van der Waals surface area contributed by atoms with Gasteiger partial charge in [0.05, 0.1) is 18.0 Å². The Bertz CT molecular complexity index is 574. The Kier molecular flexibility index (Phi) is 4.16. The first-order valence-corrected chi connectivity index (χ1v) is 7.62. The lowest BCUT2D eigenvalue weighted by Crippen LogP contribution is -2.42. The summed E-state index contributed by atoms with van der Waals surface area (Å²) in [5.41, 5.74) is 0.0573. The summed E-state index contributed by atoms with van der Waals surface area (Å²) in [4.78, 5) is 11.7. The van der Waals surface area contributed by atoms with Crippen LogP contribution in [0.3, 0.4) is 0 Å². The molecule has 2 rings (SSSR count). The van der Waals surface area contributed by atoms with Gasteiger partial charge in [0.25, 0.3) is 0 Å². The molecule has 19 heavy (non-hydrogen) atoms. The molecule has 0 saturated carbocycles. The van der Waals surface area contributed by atoms with E-state index >= 15 is 0 Å². The van der Waals surface area contributed by atoms with Crippen LogP contribution in [0.2, 0.25) is 0 Å². The van der Waals surface area contributed by atoms with Crippen molar-refractivity contribution < 1.29 is 17.6 Å². The average molecular weight is 286 g/mol. The van der Waals surface area contributed by atoms with Gasteiger partial charge in [-0.1, -0.05) is 12.1 Å². The summed E-state index contributed by atoms with van der Waals surface area (Å²) in [6, 6.07) is 5.77. The maximum atomic E-state index is 13.3. The number of halogens is 1. The summed E-state index contributed by atoms with van der Waals surface area (Å²) in [5, 5.41) is 2.38. The van der Waals surface area contributed by atoms with Gasteiger partial charge in [0.2, 0.25) is 15.9 Å². The number of benzene rings is 1. The Morgan fingerprint density at radius 3 is 2.74 bits per heavy atom. The van der Waals surface area contributed by atoms with Crippen molar-refractivity contribution in [1.82, 2.24) is 4.31 Å². The number of hydrogen-bond donors (Lipinski definition) is 1. The van der Waals surface area contributed by atoms with Crippen LogP contribution in [0.1, 0.15) is 12.8 Å². The van der Waals surface area contributed by atoms with Crippen LogP contribution in [-0.2, 0) is 14.8 Å². The fourth-order valence-corrected chi connectivity index (χ4v) is 3.48. The highest BCUT2D eigenvalue weighted by Gasteiger charge is 2.27. The van der Waals surface area contributed by atoms with Gasteiger partial charge in [0, 0.05) is 6.54 Å². The van der Waals surface area contributed by atoms with Crippen molar-refractivity contribution in [2.45, 2.75) is 12.8 Å². The lowest BCUT2D eigenvalue weighted by Gasteiger charge is -2.25. The maximum absolute atomic E-state index is 13.3. The number of nitrogens with one attached hydrogen (secondary N) is 1. The highest BCUT2D eigenvalue weighted by Crippen LogP contribution is 2.15. The van der Waals surface area contributed by atoms with E-state index < -0.39 is 21.7 Å². The quantitative estimate of drug-likeness (QED) is 0.907. The molecule has 0 aliphatic carbocycles. The number of rotatable bonds is 3. The van der Waals surface area contributed by atoms with E-state index in [0.29, 0.717) is 13.0 Å². The van der Waals surface area contributed by atoms with Crippen molar-refractivity contribution >= 4 is 21.6 Å². The van der Waals surface area contributed by atoms with E-state index in [1.54, 1.807) is 6.07 Å². The van der Waals surface area contributed by atoms with Crippen LogP contribution in [-0.4, -0.2) is 37.5 Å². The van der Waals surface area contributed by atoms with Gasteiger partial charge in [-0.3, -0.25) is 4.79 Å². The Balaban J connectivity index is 2.00. The van der Waals surface area contributed by atoms with Crippen molar-refractivity contribution in [3.8, 4) is 0 Å². The molecule has 0 radical (unpaired) electrons. The second-order valence-electron chi connectivity index (χ2n) is 4.38. The molecule has 0 aromatic heterocycles. The van der Waals surface area contributed by atoms with E-state index in [9.17, 15) is 17.6 Å². The van der Waals surface area contributed by atoms with Crippen molar-refractivity contribution in [3.05, 3.63) is 30.1 Å². The lowest BCUT2D eigenvalue weighted by atomic mass is 10.3. The molecule has 1 aromatic carbocycles. The van der Waals surface area contributed by atoms with E-state index in [2.05, 4.69) is 5.32 Å². The molecule has 0 spiro atoms. The van der Waals surface area contributed by atoms with Crippen molar-refractivity contribution in [2.24, 2.45) is 0 Å². The number of para-hydroxylation sites is 1. The molecule has 1 aliphatic heterocycles. The summed E-state index contributed by atoms with van der Waals surface area (Å²) in [6.45, 7) is 0.0731. The van der Waals surface area contributed by atoms with Crippen LogP contribution >= 0.6 is 0 Å². The smallest absolute Gasteiger partial charge is 0.239 e. The van der Waals surface area contributed by atoms with E-state index in [-0.39, 0.29) is 18.0 Å². The third kappa shape index (κ3) is 3.51. The molecule has 1 heterocycles. The summed E-state index contributed by atoms with van der Waals surface area (Å²) in [7, 11) is -3.34. The van der Waals surface area contributed by atoms with Crippen LogP contribution in [0.5, 0.6) is 0 Å². The molecule has 0 bridgehead atoms. The zero-order valence-corrected chi connectivity index (χ0v) is 11.1. The number of anilines is 1. The zero-order valence-electron chi connectivity index (χ0n) is 10.3. The molecule has 1 fully saturated rings. The molecule has 1 aromatic rings. The highest BCUT2D eigenvalue weighted by atomic mass is 32.2. The minimum absolute atomic E-state index is 0.0573. The standard InChI is InChI=1S/C12H15FN2O3S/c13-10-5-1-2-6-11(10)14-12(16)9-15-7-3-4-8-19(15,17)18/h1-2,5-6H,3-4,7-9H2,(H,14,16).